The Kier molecular flexibility index (Phi) is 3.92. The van der Waals surface area contributed by atoms with Gasteiger partial charge in [0.1, 0.15) is 5.78 Å². The predicted octanol–water partition coefficient (Wildman–Crippen LogP) is 2.09. The van der Waals surface area contributed by atoms with Crippen LogP contribution in [0.25, 0.3) is 0 Å². The Labute approximate surface area is 108 Å². The van der Waals surface area contributed by atoms with Crippen molar-refractivity contribution in [2.45, 2.75) is 20.3 Å². The zero-order chi connectivity index (χ0) is 13.1. The molecule has 1 aliphatic rings. The average Bonchev–Trinajstić information content (AvgIpc) is 2.34. The van der Waals surface area contributed by atoms with Crippen LogP contribution < -0.4 is 0 Å². The van der Waals surface area contributed by atoms with Crippen molar-refractivity contribution in [1.29, 1.82) is 0 Å². The quantitative estimate of drug-likeness (QED) is 0.765. The Hall–Kier alpha value is -1.48. The number of Topliss-reactive ketones (excluding diaryl/α,β-unsaturated/α-hetero) is 2. The minimum absolute atomic E-state index is 0.0587. The standard InChI is InChI=1S/C15H19NO2/c1-11-5-3-4-6-13(11)15(18)10-16-8-7-14(17)12(2)9-16/h3-6,12H,7-10H2,1-2H3. The number of carbonyl (C=O) groups excluding carboxylic acids is 2. The van der Waals surface area contributed by atoms with Crippen LogP contribution in [0.15, 0.2) is 24.3 Å². The topological polar surface area (TPSA) is 37.4 Å². The summed E-state index contributed by atoms with van der Waals surface area (Å²) in [6.45, 7) is 5.72. The van der Waals surface area contributed by atoms with E-state index in [1.807, 2.05) is 38.1 Å². The van der Waals surface area contributed by atoms with E-state index in [9.17, 15) is 9.59 Å². The van der Waals surface area contributed by atoms with Crippen molar-refractivity contribution in [2.75, 3.05) is 19.6 Å². The third-order valence-electron chi connectivity index (χ3n) is 3.57. The third-order valence-corrected chi connectivity index (χ3v) is 3.57. The first-order valence-electron chi connectivity index (χ1n) is 6.42. The Bertz CT molecular complexity index is 467. The molecule has 0 saturated carbocycles. The second-order valence-corrected chi connectivity index (χ2v) is 5.09. The predicted molar refractivity (Wildman–Crippen MR) is 70.7 cm³/mol. The van der Waals surface area contributed by atoms with Crippen LogP contribution in [0.2, 0.25) is 0 Å². The van der Waals surface area contributed by atoms with Gasteiger partial charge in [0.15, 0.2) is 5.78 Å². The zero-order valence-electron chi connectivity index (χ0n) is 11.0. The van der Waals surface area contributed by atoms with Crippen LogP contribution in [0.5, 0.6) is 0 Å². The molecule has 0 aromatic heterocycles. The highest BCUT2D eigenvalue weighted by Crippen LogP contribution is 2.14. The number of benzene rings is 1. The van der Waals surface area contributed by atoms with Crippen LogP contribution in [-0.4, -0.2) is 36.1 Å². The van der Waals surface area contributed by atoms with E-state index in [2.05, 4.69) is 4.90 Å². The third kappa shape index (κ3) is 2.85. The number of hydrogen-bond donors (Lipinski definition) is 0. The summed E-state index contributed by atoms with van der Waals surface area (Å²) < 4.78 is 0. The highest BCUT2D eigenvalue weighted by Gasteiger charge is 2.25. The molecule has 0 bridgehead atoms. The molecular weight excluding hydrogens is 226 g/mol. The molecule has 3 nitrogen and oxygen atoms in total. The molecule has 1 aromatic carbocycles. The first-order valence-corrected chi connectivity index (χ1v) is 6.42. The summed E-state index contributed by atoms with van der Waals surface area (Å²) in [5.74, 6) is 0.521. The monoisotopic (exact) mass is 245 g/mol. The maximum Gasteiger partial charge on any atom is 0.177 e. The van der Waals surface area contributed by atoms with Gasteiger partial charge in [-0.2, -0.15) is 0 Å². The van der Waals surface area contributed by atoms with Crippen molar-refractivity contribution in [2.24, 2.45) is 5.92 Å². The van der Waals surface area contributed by atoms with Crippen LogP contribution in [0.1, 0.15) is 29.3 Å². The molecule has 0 N–H and O–H groups in total. The van der Waals surface area contributed by atoms with Crippen LogP contribution in [-0.2, 0) is 4.79 Å². The molecular formula is C15H19NO2. The fourth-order valence-corrected chi connectivity index (χ4v) is 2.41. The first-order chi connectivity index (χ1) is 8.58. The molecule has 1 atom stereocenters. The van der Waals surface area contributed by atoms with Gasteiger partial charge in [-0.1, -0.05) is 31.2 Å². The number of nitrogens with zero attached hydrogens (tertiary/aromatic N) is 1. The van der Waals surface area contributed by atoms with E-state index < -0.39 is 0 Å². The van der Waals surface area contributed by atoms with E-state index in [1.54, 1.807) is 0 Å². The van der Waals surface area contributed by atoms with E-state index in [0.29, 0.717) is 31.8 Å². The SMILES string of the molecule is Cc1ccccc1C(=O)CN1CCC(=O)C(C)C1. The van der Waals surface area contributed by atoms with Crippen molar-refractivity contribution < 1.29 is 9.59 Å². The molecule has 3 heteroatoms. The molecule has 0 amide bonds. The summed E-state index contributed by atoms with van der Waals surface area (Å²) >= 11 is 0. The lowest BCUT2D eigenvalue weighted by atomic mass is 9.97. The maximum absolute atomic E-state index is 12.2. The Balaban J connectivity index is 2.00. The number of rotatable bonds is 3. The largest absolute Gasteiger partial charge is 0.299 e. The second kappa shape index (κ2) is 5.44. The first kappa shape index (κ1) is 13.0. The Morgan fingerprint density at radius 3 is 2.78 bits per heavy atom. The Morgan fingerprint density at radius 2 is 2.11 bits per heavy atom. The van der Waals surface area contributed by atoms with E-state index in [0.717, 1.165) is 11.1 Å². The van der Waals surface area contributed by atoms with Crippen molar-refractivity contribution >= 4 is 11.6 Å². The summed E-state index contributed by atoms with van der Waals surface area (Å²) in [4.78, 5) is 25.7. The molecule has 1 heterocycles. The van der Waals surface area contributed by atoms with Gasteiger partial charge in [-0.15, -0.1) is 0 Å². The molecule has 0 aliphatic carbocycles. The second-order valence-electron chi connectivity index (χ2n) is 5.09. The zero-order valence-corrected chi connectivity index (χ0v) is 11.0. The molecule has 1 aromatic rings. The van der Waals surface area contributed by atoms with Gasteiger partial charge >= 0.3 is 0 Å². The van der Waals surface area contributed by atoms with Gasteiger partial charge in [0.25, 0.3) is 0 Å². The molecule has 1 unspecified atom stereocenters. The summed E-state index contributed by atoms with van der Waals surface area (Å²) in [5, 5.41) is 0. The van der Waals surface area contributed by atoms with Crippen molar-refractivity contribution in [3.8, 4) is 0 Å². The summed E-state index contributed by atoms with van der Waals surface area (Å²) in [7, 11) is 0. The van der Waals surface area contributed by atoms with Crippen LogP contribution >= 0.6 is 0 Å². The number of aryl methyl sites for hydroxylation is 1. The lowest BCUT2D eigenvalue weighted by molar-refractivity contribution is -0.125. The van der Waals surface area contributed by atoms with Gasteiger partial charge in [0.05, 0.1) is 6.54 Å². The van der Waals surface area contributed by atoms with Crippen molar-refractivity contribution in [1.82, 2.24) is 4.90 Å². The van der Waals surface area contributed by atoms with Gasteiger partial charge in [-0.25, -0.2) is 0 Å². The van der Waals surface area contributed by atoms with Gasteiger partial charge in [-0.05, 0) is 12.5 Å². The molecule has 0 radical (unpaired) electrons. The van der Waals surface area contributed by atoms with Gasteiger partial charge in [-0.3, -0.25) is 14.5 Å². The fraction of sp³-hybridized carbons (Fsp3) is 0.467. The van der Waals surface area contributed by atoms with E-state index in [1.165, 1.54) is 0 Å². The number of likely N-dealkylation sites (tertiary alicyclic amines) is 1. The molecule has 2 rings (SSSR count). The normalized spacial score (nSPS) is 21.0. The Morgan fingerprint density at radius 1 is 1.39 bits per heavy atom. The van der Waals surface area contributed by atoms with E-state index >= 15 is 0 Å². The summed E-state index contributed by atoms with van der Waals surface area (Å²) in [6.07, 6.45) is 0.572. The number of ketones is 2. The smallest absolute Gasteiger partial charge is 0.177 e. The van der Waals surface area contributed by atoms with Crippen LogP contribution in [0.4, 0.5) is 0 Å². The minimum Gasteiger partial charge on any atom is -0.299 e. The van der Waals surface area contributed by atoms with Crippen molar-refractivity contribution in [3.05, 3.63) is 35.4 Å². The van der Waals surface area contributed by atoms with Crippen LogP contribution in [0.3, 0.4) is 0 Å². The van der Waals surface area contributed by atoms with E-state index in [4.69, 9.17) is 0 Å². The highest BCUT2D eigenvalue weighted by molar-refractivity contribution is 5.99. The minimum atomic E-state index is 0.0587. The molecule has 1 saturated heterocycles. The molecule has 0 spiro atoms. The molecule has 96 valence electrons. The molecule has 18 heavy (non-hydrogen) atoms. The number of carbonyl (C=O) groups is 2. The van der Waals surface area contributed by atoms with Gasteiger partial charge < -0.3 is 0 Å². The lowest BCUT2D eigenvalue weighted by Gasteiger charge is -2.29. The van der Waals surface area contributed by atoms with Gasteiger partial charge in [0, 0.05) is 31.0 Å². The highest BCUT2D eigenvalue weighted by atomic mass is 16.1. The maximum atomic E-state index is 12.2. The lowest BCUT2D eigenvalue weighted by Crippen LogP contribution is -2.42. The molecule has 1 fully saturated rings. The average molecular weight is 245 g/mol. The number of hydrogen-bond acceptors (Lipinski definition) is 3. The number of piperidine rings is 1. The van der Waals surface area contributed by atoms with Crippen LogP contribution in [0, 0.1) is 12.8 Å². The summed E-state index contributed by atoms with van der Waals surface area (Å²) in [6, 6.07) is 7.65. The fourth-order valence-electron chi connectivity index (χ4n) is 2.41. The molecule has 1 aliphatic heterocycles. The van der Waals surface area contributed by atoms with E-state index in [-0.39, 0.29) is 11.7 Å². The summed E-state index contributed by atoms with van der Waals surface area (Å²) in [5.41, 5.74) is 1.81. The van der Waals surface area contributed by atoms with Crippen molar-refractivity contribution in [3.63, 3.8) is 0 Å². The van der Waals surface area contributed by atoms with Gasteiger partial charge in [0.2, 0.25) is 0 Å².